The summed E-state index contributed by atoms with van der Waals surface area (Å²) >= 11 is 0. The van der Waals surface area contributed by atoms with Crippen LogP contribution < -0.4 is 4.72 Å². The highest BCUT2D eigenvalue weighted by Crippen LogP contribution is 2.23. The first kappa shape index (κ1) is 17.9. The number of likely N-dealkylation sites (tertiary alicyclic amines) is 1. The zero-order chi connectivity index (χ0) is 18.0. The fraction of sp³-hybridized carbons (Fsp3) is 0.471. The first-order valence-corrected chi connectivity index (χ1v) is 9.76. The lowest BCUT2D eigenvalue weighted by Gasteiger charge is -2.32. The fourth-order valence-corrected chi connectivity index (χ4v) is 3.72. The number of fused-ring (bicyclic) bond motifs is 1. The molecule has 136 valence electrons. The zero-order valence-electron chi connectivity index (χ0n) is 14.4. The van der Waals surface area contributed by atoms with Crippen LogP contribution in [0.3, 0.4) is 0 Å². The molecule has 0 bridgehead atoms. The van der Waals surface area contributed by atoms with Gasteiger partial charge in [0.1, 0.15) is 5.58 Å². The molecule has 1 aliphatic rings. The molecular formula is C17H23N3O4S. The summed E-state index contributed by atoms with van der Waals surface area (Å²) in [5.74, 6) is 0.281. The van der Waals surface area contributed by atoms with E-state index < -0.39 is 10.2 Å². The normalized spacial score (nSPS) is 18.8. The zero-order valence-corrected chi connectivity index (χ0v) is 15.3. The van der Waals surface area contributed by atoms with Gasteiger partial charge in [0.2, 0.25) is 0 Å². The number of piperidine rings is 1. The molecule has 7 nitrogen and oxygen atoms in total. The number of para-hydroxylation sites is 1. The van der Waals surface area contributed by atoms with E-state index in [-0.39, 0.29) is 11.8 Å². The lowest BCUT2D eigenvalue weighted by Crippen LogP contribution is -2.45. The lowest BCUT2D eigenvalue weighted by atomic mass is 9.98. The van der Waals surface area contributed by atoms with Gasteiger partial charge in [0.05, 0.1) is 0 Å². The fourth-order valence-electron chi connectivity index (χ4n) is 3.01. The van der Waals surface area contributed by atoms with Gasteiger partial charge in [-0.15, -0.1) is 0 Å². The minimum Gasteiger partial charge on any atom is -0.451 e. The van der Waals surface area contributed by atoms with E-state index in [4.69, 9.17) is 4.42 Å². The molecule has 0 aliphatic carbocycles. The van der Waals surface area contributed by atoms with Crippen molar-refractivity contribution in [3.8, 4) is 0 Å². The molecule has 8 heteroatoms. The standard InChI is InChI=1S/C17H23N3O4S/c1-19(2)25(22,23)18-11-13-6-5-9-20(12-13)17(21)16-10-14-7-3-4-8-15(14)24-16/h3-4,7-8,10,13,18H,5-6,9,11-12H2,1-2H3. The number of furan rings is 1. The number of nitrogens with one attached hydrogen (secondary N) is 1. The Balaban J connectivity index is 1.65. The first-order chi connectivity index (χ1) is 11.9. The lowest BCUT2D eigenvalue weighted by molar-refractivity contribution is 0.0646. The minimum atomic E-state index is -3.44. The molecule has 1 aromatic heterocycles. The Bertz CT molecular complexity index is 827. The highest BCUT2D eigenvalue weighted by Gasteiger charge is 2.27. The predicted molar refractivity (Wildman–Crippen MR) is 95.5 cm³/mol. The molecule has 0 radical (unpaired) electrons. The van der Waals surface area contributed by atoms with Crippen LogP contribution in [0.1, 0.15) is 23.4 Å². The van der Waals surface area contributed by atoms with Gasteiger partial charge in [-0.1, -0.05) is 18.2 Å². The molecule has 2 aromatic rings. The van der Waals surface area contributed by atoms with E-state index >= 15 is 0 Å². The third kappa shape index (κ3) is 4.02. The molecule has 1 fully saturated rings. The van der Waals surface area contributed by atoms with E-state index in [0.29, 0.717) is 31.0 Å². The van der Waals surface area contributed by atoms with Crippen molar-refractivity contribution in [3.05, 3.63) is 36.1 Å². The number of hydrogen-bond donors (Lipinski definition) is 1. The van der Waals surface area contributed by atoms with E-state index in [9.17, 15) is 13.2 Å². The van der Waals surface area contributed by atoms with Gasteiger partial charge >= 0.3 is 0 Å². The molecular weight excluding hydrogens is 342 g/mol. The molecule has 3 rings (SSSR count). The summed E-state index contributed by atoms with van der Waals surface area (Å²) in [6.07, 6.45) is 1.74. The summed E-state index contributed by atoms with van der Waals surface area (Å²) in [6, 6.07) is 9.27. The summed E-state index contributed by atoms with van der Waals surface area (Å²) in [5.41, 5.74) is 0.693. The van der Waals surface area contributed by atoms with Crippen LogP contribution in [0.4, 0.5) is 0 Å². The van der Waals surface area contributed by atoms with Crippen LogP contribution >= 0.6 is 0 Å². The van der Waals surface area contributed by atoms with Gasteiger partial charge in [0.25, 0.3) is 16.1 Å². The summed E-state index contributed by atoms with van der Waals surface area (Å²) in [4.78, 5) is 14.5. The van der Waals surface area contributed by atoms with Crippen LogP contribution in [0.25, 0.3) is 11.0 Å². The van der Waals surface area contributed by atoms with Crippen LogP contribution in [0.15, 0.2) is 34.7 Å². The maximum Gasteiger partial charge on any atom is 0.289 e. The van der Waals surface area contributed by atoms with Crippen LogP contribution in [0.5, 0.6) is 0 Å². The highest BCUT2D eigenvalue weighted by atomic mass is 32.2. The summed E-state index contributed by atoms with van der Waals surface area (Å²) < 4.78 is 33.0. The number of benzene rings is 1. The number of nitrogens with zero attached hydrogens (tertiary/aromatic N) is 2. The van der Waals surface area contributed by atoms with E-state index in [0.717, 1.165) is 22.5 Å². The molecule has 1 N–H and O–H groups in total. The molecule has 2 heterocycles. The second-order valence-corrected chi connectivity index (χ2v) is 8.51. The number of rotatable bonds is 5. The monoisotopic (exact) mass is 365 g/mol. The third-order valence-corrected chi connectivity index (χ3v) is 5.97. The Morgan fingerprint density at radius 3 is 2.84 bits per heavy atom. The highest BCUT2D eigenvalue weighted by molar-refractivity contribution is 7.87. The smallest absolute Gasteiger partial charge is 0.289 e. The van der Waals surface area contributed by atoms with E-state index in [1.54, 1.807) is 11.0 Å². The molecule has 0 saturated carbocycles. The Labute approximate surface area is 147 Å². The van der Waals surface area contributed by atoms with Gasteiger partial charge < -0.3 is 9.32 Å². The van der Waals surface area contributed by atoms with Crippen LogP contribution in [0.2, 0.25) is 0 Å². The number of carbonyl (C=O) groups is 1. The maximum atomic E-state index is 12.7. The van der Waals surface area contributed by atoms with Gasteiger partial charge in [0, 0.05) is 39.1 Å². The molecule has 0 spiro atoms. The number of hydrogen-bond acceptors (Lipinski definition) is 4. The van der Waals surface area contributed by atoms with Crippen LogP contribution in [0, 0.1) is 5.92 Å². The van der Waals surface area contributed by atoms with Crippen molar-refractivity contribution in [1.82, 2.24) is 13.9 Å². The molecule has 1 aromatic carbocycles. The van der Waals surface area contributed by atoms with Crippen molar-refractivity contribution in [1.29, 1.82) is 0 Å². The summed E-state index contributed by atoms with van der Waals surface area (Å²) in [7, 11) is -0.470. The predicted octanol–water partition coefficient (Wildman–Crippen LogP) is 1.68. The van der Waals surface area contributed by atoms with E-state index in [2.05, 4.69) is 4.72 Å². The van der Waals surface area contributed by atoms with Crippen molar-refractivity contribution < 1.29 is 17.6 Å². The van der Waals surface area contributed by atoms with E-state index in [1.807, 2.05) is 24.3 Å². The SMILES string of the molecule is CN(C)S(=O)(=O)NCC1CCCN(C(=O)c2cc3ccccc3o2)C1. The third-order valence-electron chi connectivity index (χ3n) is 4.48. The van der Waals surface area contributed by atoms with Gasteiger partial charge in [-0.05, 0) is 30.9 Å². The topological polar surface area (TPSA) is 82.9 Å². The van der Waals surface area contributed by atoms with Crippen LogP contribution in [-0.4, -0.2) is 57.3 Å². The Kier molecular flexibility index (Phi) is 5.12. The molecule has 1 saturated heterocycles. The van der Waals surface area contributed by atoms with Gasteiger partial charge in [0.15, 0.2) is 5.76 Å². The molecule has 1 atom stereocenters. The van der Waals surface area contributed by atoms with E-state index in [1.165, 1.54) is 14.1 Å². The second-order valence-electron chi connectivity index (χ2n) is 6.54. The first-order valence-electron chi connectivity index (χ1n) is 8.32. The average Bonchev–Trinajstić information content (AvgIpc) is 3.03. The minimum absolute atomic E-state index is 0.0943. The summed E-state index contributed by atoms with van der Waals surface area (Å²) in [5, 5.41) is 0.901. The average molecular weight is 365 g/mol. The van der Waals surface area contributed by atoms with Crippen molar-refractivity contribution in [2.75, 3.05) is 33.7 Å². The molecule has 1 aliphatic heterocycles. The van der Waals surface area contributed by atoms with Gasteiger partial charge in [-0.3, -0.25) is 4.79 Å². The van der Waals surface area contributed by atoms with Crippen molar-refractivity contribution in [2.45, 2.75) is 12.8 Å². The van der Waals surface area contributed by atoms with Crippen LogP contribution in [-0.2, 0) is 10.2 Å². The quantitative estimate of drug-likeness (QED) is 0.874. The summed E-state index contributed by atoms with van der Waals surface area (Å²) in [6.45, 7) is 1.50. The van der Waals surface area contributed by atoms with Crippen molar-refractivity contribution in [2.24, 2.45) is 5.92 Å². The Hall–Kier alpha value is -1.90. The van der Waals surface area contributed by atoms with Gasteiger partial charge in [-0.25, -0.2) is 4.72 Å². The maximum absolute atomic E-state index is 12.7. The molecule has 25 heavy (non-hydrogen) atoms. The molecule has 1 amide bonds. The van der Waals surface area contributed by atoms with Gasteiger partial charge in [-0.2, -0.15) is 12.7 Å². The van der Waals surface area contributed by atoms with Crippen molar-refractivity contribution in [3.63, 3.8) is 0 Å². The van der Waals surface area contributed by atoms with Crippen molar-refractivity contribution >= 4 is 27.1 Å². The number of amides is 1. The number of carbonyl (C=O) groups excluding carboxylic acids is 1. The Morgan fingerprint density at radius 1 is 1.36 bits per heavy atom. The largest absolute Gasteiger partial charge is 0.451 e. The Morgan fingerprint density at radius 2 is 2.12 bits per heavy atom. The molecule has 1 unspecified atom stereocenters. The second kappa shape index (κ2) is 7.15.